The molecule has 0 spiro atoms. The van der Waals surface area contributed by atoms with Gasteiger partial charge in [0.25, 0.3) is 5.91 Å². The normalized spacial score (nSPS) is 18.8. The Hall–Kier alpha value is -2.17. The lowest BCUT2D eigenvalue weighted by Crippen LogP contribution is -2.46. The molecule has 2 rings (SSSR count). The highest BCUT2D eigenvalue weighted by Crippen LogP contribution is 2.11. The van der Waals surface area contributed by atoms with Gasteiger partial charge in [-0.05, 0) is 5.56 Å². The van der Waals surface area contributed by atoms with E-state index in [-0.39, 0.29) is 12.1 Å². The Bertz CT molecular complexity index is 468. The zero-order valence-electron chi connectivity index (χ0n) is 9.17. The van der Waals surface area contributed by atoms with Crippen LogP contribution in [0.4, 0.5) is 0 Å². The number of likely N-dealkylation sites (tertiary alicyclic amines) is 1. The minimum atomic E-state index is -0.507. The number of benzene rings is 1. The molecule has 0 aromatic heterocycles. The van der Waals surface area contributed by atoms with E-state index in [0.29, 0.717) is 13.1 Å². The molecule has 1 saturated heterocycles. The molecule has 0 atom stereocenters. The summed E-state index contributed by atoms with van der Waals surface area (Å²) in [6, 6.07) is 9.47. The number of piperidine rings is 1. The van der Waals surface area contributed by atoms with Crippen LogP contribution in [0.25, 0.3) is 0 Å². The van der Waals surface area contributed by atoms with Gasteiger partial charge in [-0.3, -0.25) is 9.59 Å². The Kier molecular flexibility index (Phi) is 3.18. The van der Waals surface area contributed by atoms with Gasteiger partial charge in [-0.1, -0.05) is 35.5 Å². The number of ketones is 1. The fourth-order valence-corrected chi connectivity index (χ4v) is 1.78. The first kappa shape index (κ1) is 11.3. The molecule has 0 bridgehead atoms. The third-order valence-corrected chi connectivity index (χ3v) is 2.68. The number of rotatable bonds is 2. The van der Waals surface area contributed by atoms with Gasteiger partial charge in [0.2, 0.25) is 5.71 Å². The van der Waals surface area contributed by atoms with Gasteiger partial charge in [0, 0.05) is 19.5 Å². The van der Waals surface area contributed by atoms with E-state index < -0.39 is 11.7 Å². The van der Waals surface area contributed by atoms with Gasteiger partial charge in [0.15, 0.2) is 5.78 Å². The van der Waals surface area contributed by atoms with Crippen LogP contribution in [-0.2, 0) is 16.1 Å². The molecule has 0 radical (unpaired) electrons. The monoisotopic (exact) mass is 232 g/mol. The van der Waals surface area contributed by atoms with Gasteiger partial charge in [-0.25, -0.2) is 0 Å². The highest BCUT2D eigenvalue weighted by atomic mass is 16.4. The van der Waals surface area contributed by atoms with Crippen LogP contribution >= 0.6 is 0 Å². The van der Waals surface area contributed by atoms with Crippen molar-refractivity contribution in [2.45, 2.75) is 13.0 Å². The van der Waals surface area contributed by atoms with Crippen molar-refractivity contribution in [1.29, 1.82) is 0 Å². The molecule has 1 fully saturated rings. The Labute approximate surface area is 98.3 Å². The highest BCUT2D eigenvalue weighted by molar-refractivity contribution is 6.66. The predicted molar refractivity (Wildman–Crippen MR) is 60.7 cm³/mol. The van der Waals surface area contributed by atoms with Gasteiger partial charge in [0.05, 0.1) is 0 Å². The Morgan fingerprint density at radius 2 is 1.94 bits per heavy atom. The summed E-state index contributed by atoms with van der Waals surface area (Å²) in [5.41, 5.74) is 0.611. The van der Waals surface area contributed by atoms with Crippen LogP contribution in [0.5, 0.6) is 0 Å². The number of hydrogen-bond donors (Lipinski definition) is 1. The van der Waals surface area contributed by atoms with Crippen molar-refractivity contribution in [2.24, 2.45) is 5.16 Å². The number of Topliss-reactive ketones (excluding diaryl/α,β-unsaturated/α-hetero) is 1. The van der Waals surface area contributed by atoms with Crippen molar-refractivity contribution in [3.63, 3.8) is 0 Å². The van der Waals surface area contributed by atoms with Crippen LogP contribution in [0.3, 0.4) is 0 Å². The van der Waals surface area contributed by atoms with Crippen LogP contribution in [0, 0.1) is 0 Å². The minimum Gasteiger partial charge on any atom is -0.410 e. The van der Waals surface area contributed by atoms with Crippen molar-refractivity contribution in [2.75, 3.05) is 6.54 Å². The molecule has 1 aliphatic rings. The Morgan fingerprint density at radius 1 is 1.24 bits per heavy atom. The largest absolute Gasteiger partial charge is 0.410 e. The van der Waals surface area contributed by atoms with Crippen LogP contribution in [-0.4, -0.2) is 34.1 Å². The first-order valence-electron chi connectivity index (χ1n) is 5.31. The predicted octanol–water partition coefficient (Wildman–Crippen LogP) is 0.818. The zero-order chi connectivity index (χ0) is 12.3. The van der Waals surface area contributed by atoms with Crippen molar-refractivity contribution >= 4 is 17.4 Å². The number of oxime groups is 1. The summed E-state index contributed by atoms with van der Waals surface area (Å²) in [6.45, 7) is 0.789. The fraction of sp³-hybridized carbons (Fsp3) is 0.250. The lowest BCUT2D eigenvalue weighted by molar-refractivity contribution is -0.129. The summed E-state index contributed by atoms with van der Waals surface area (Å²) in [7, 11) is 0. The molecule has 1 aliphatic heterocycles. The minimum absolute atomic E-state index is 0.206. The number of carbonyl (C=O) groups is 2. The topological polar surface area (TPSA) is 70.0 Å². The van der Waals surface area contributed by atoms with Crippen LogP contribution in [0.2, 0.25) is 0 Å². The quantitative estimate of drug-likeness (QED) is 0.606. The maximum absolute atomic E-state index is 11.8. The summed E-state index contributed by atoms with van der Waals surface area (Å²) in [4.78, 5) is 24.6. The molecule has 0 unspecified atom stereocenters. The van der Waals surface area contributed by atoms with Gasteiger partial charge in [-0.15, -0.1) is 0 Å². The summed E-state index contributed by atoms with van der Waals surface area (Å²) in [5.74, 6) is -0.908. The van der Waals surface area contributed by atoms with E-state index in [1.54, 1.807) is 0 Å². The molecule has 17 heavy (non-hydrogen) atoms. The lowest BCUT2D eigenvalue weighted by atomic mass is 10.1. The second-order valence-electron chi connectivity index (χ2n) is 3.83. The SMILES string of the molecule is O=C1CCN(Cc2ccccc2)C(=O)/C1=N/O. The lowest BCUT2D eigenvalue weighted by Gasteiger charge is -2.26. The first-order chi connectivity index (χ1) is 8.22. The van der Waals surface area contributed by atoms with E-state index in [1.807, 2.05) is 30.3 Å². The number of amides is 1. The van der Waals surface area contributed by atoms with E-state index in [4.69, 9.17) is 5.21 Å². The average Bonchev–Trinajstić information content (AvgIpc) is 2.35. The maximum atomic E-state index is 11.8. The van der Waals surface area contributed by atoms with Gasteiger partial charge >= 0.3 is 0 Å². The first-order valence-corrected chi connectivity index (χ1v) is 5.31. The number of hydrogen-bond acceptors (Lipinski definition) is 4. The molecular formula is C12H12N2O3. The Morgan fingerprint density at radius 3 is 2.59 bits per heavy atom. The summed E-state index contributed by atoms with van der Waals surface area (Å²) >= 11 is 0. The van der Waals surface area contributed by atoms with Crippen molar-refractivity contribution in [3.05, 3.63) is 35.9 Å². The van der Waals surface area contributed by atoms with E-state index in [0.717, 1.165) is 5.56 Å². The molecule has 1 N–H and O–H groups in total. The van der Waals surface area contributed by atoms with Crippen LogP contribution in [0.15, 0.2) is 35.5 Å². The van der Waals surface area contributed by atoms with Crippen LogP contribution < -0.4 is 0 Å². The highest BCUT2D eigenvalue weighted by Gasteiger charge is 2.31. The summed E-state index contributed by atoms with van der Waals surface area (Å²) in [5, 5.41) is 11.4. The van der Waals surface area contributed by atoms with E-state index >= 15 is 0 Å². The smallest absolute Gasteiger partial charge is 0.279 e. The molecule has 1 amide bonds. The molecule has 88 valence electrons. The summed E-state index contributed by atoms with van der Waals surface area (Å²) < 4.78 is 0. The third-order valence-electron chi connectivity index (χ3n) is 2.68. The average molecular weight is 232 g/mol. The van der Waals surface area contributed by atoms with E-state index in [1.165, 1.54) is 4.90 Å². The molecular weight excluding hydrogens is 220 g/mol. The van der Waals surface area contributed by atoms with E-state index in [2.05, 4.69) is 5.16 Å². The molecule has 5 heteroatoms. The molecule has 0 saturated carbocycles. The standard InChI is InChI=1S/C12H12N2O3/c15-10-6-7-14(12(16)11(10)13-17)8-9-4-2-1-3-5-9/h1-5,17H,6-8H2/b13-11+. The zero-order valence-corrected chi connectivity index (χ0v) is 9.17. The number of carbonyl (C=O) groups excluding carboxylic acids is 2. The van der Waals surface area contributed by atoms with Crippen molar-refractivity contribution in [3.8, 4) is 0 Å². The molecule has 1 heterocycles. The molecule has 1 aromatic carbocycles. The van der Waals surface area contributed by atoms with Gasteiger partial charge in [0.1, 0.15) is 0 Å². The second kappa shape index (κ2) is 4.78. The van der Waals surface area contributed by atoms with E-state index in [9.17, 15) is 9.59 Å². The third kappa shape index (κ3) is 2.33. The van der Waals surface area contributed by atoms with Crippen LogP contribution in [0.1, 0.15) is 12.0 Å². The molecule has 1 aromatic rings. The van der Waals surface area contributed by atoms with Crippen molar-refractivity contribution < 1.29 is 14.8 Å². The second-order valence-corrected chi connectivity index (χ2v) is 3.83. The summed E-state index contributed by atoms with van der Waals surface area (Å²) in [6.07, 6.45) is 0.206. The molecule has 5 nitrogen and oxygen atoms in total. The van der Waals surface area contributed by atoms with Crippen molar-refractivity contribution in [1.82, 2.24) is 4.90 Å². The fourth-order valence-electron chi connectivity index (χ4n) is 1.78. The number of nitrogens with zero attached hydrogens (tertiary/aromatic N) is 2. The molecule has 0 aliphatic carbocycles. The maximum Gasteiger partial charge on any atom is 0.279 e. The Balaban J connectivity index is 2.13. The van der Waals surface area contributed by atoms with Gasteiger partial charge in [-0.2, -0.15) is 0 Å². The van der Waals surface area contributed by atoms with Gasteiger partial charge < -0.3 is 10.1 Å².